The van der Waals surface area contributed by atoms with E-state index in [4.69, 9.17) is 53.3 Å². The number of hydrogen-bond acceptors (Lipinski definition) is 18. The van der Waals surface area contributed by atoms with Crippen molar-refractivity contribution in [3.05, 3.63) is 87.1 Å². The summed E-state index contributed by atoms with van der Waals surface area (Å²) in [4.78, 5) is 64.3. The van der Waals surface area contributed by atoms with Crippen LogP contribution in [0.1, 0.15) is 103 Å². The monoisotopic (exact) mass is 1070 g/mol. The van der Waals surface area contributed by atoms with E-state index in [0.29, 0.717) is 31.0 Å². The van der Waals surface area contributed by atoms with E-state index in [1.807, 2.05) is 24.5 Å². The molecule has 7 heterocycles. The first-order valence-corrected chi connectivity index (χ1v) is 27.3. The van der Waals surface area contributed by atoms with Crippen molar-refractivity contribution in [2.75, 3.05) is 107 Å². The molecule has 3 fully saturated rings. The minimum Gasteiger partial charge on any atom is -0.491 e. The van der Waals surface area contributed by atoms with E-state index < -0.39 is 0 Å². The second kappa shape index (κ2) is 31.3. The minimum absolute atomic E-state index is 0. The summed E-state index contributed by atoms with van der Waals surface area (Å²) in [7, 11) is 0. The van der Waals surface area contributed by atoms with Gasteiger partial charge in [0.25, 0.3) is 0 Å². The van der Waals surface area contributed by atoms with E-state index in [2.05, 4.69) is 115 Å². The van der Waals surface area contributed by atoms with Crippen LogP contribution < -0.4 is 24.2 Å². The molecule has 0 N–H and O–H groups in total. The number of benzene rings is 2. The Morgan fingerprint density at radius 2 is 1.05 bits per heavy atom. The molecule has 6 aromatic rings. The van der Waals surface area contributed by atoms with Crippen LogP contribution in [0.2, 0.25) is 0 Å². The van der Waals surface area contributed by atoms with Crippen LogP contribution in [0.25, 0.3) is 21.8 Å². The second-order valence-corrected chi connectivity index (χ2v) is 21.5. The zero-order valence-corrected chi connectivity index (χ0v) is 45.6. The molecule has 0 bridgehead atoms. The summed E-state index contributed by atoms with van der Waals surface area (Å²) in [6, 6.07) is 12.8. The third-order valence-corrected chi connectivity index (χ3v) is 14.7. The molecule has 0 spiro atoms. The predicted molar refractivity (Wildman–Crippen MR) is 303 cm³/mol. The molecule has 2 aromatic carbocycles. The van der Waals surface area contributed by atoms with E-state index in [1.54, 1.807) is 22.7 Å². The van der Waals surface area contributed by atoms with Gasteiger partial charge in [-0.3, -0.25) is 19.8 Å². The van der Waals surface area contributed by atoms with Gasteiger partial charge in [-0.05, 0) is 73.9 Å². The summed E-state index contributed by atoms with van der Waals surface area (Å²) in [6.45, 7) is 32.3. The normalized spacial score (nSPS) is 15.2. The van der Waals surface area contributed by atoms with Gasteiger partial charge in [0.15, 0.2) is 5.13 Å². The van der Waals surface area contributed by atoms with E-state index in [-0.39, 0.29) is 27.2 Å². The molecule has 9 rings (SSSR count). The van der Waals surface area contributed by atoms with E-state index in [9.17, 15) is 0 Å². The lowest BCUT2D eigenvalue weighted by molar-refractivity contribution is -0.193. The highest BCUT2D eigenvalue weighted by Crippen LogP contribution is 2.41. The number of hydrogen-bond donors (Lipinski definition) is 0. The molecule has 0 atom stereocenters. The first-order chi connectivity index (χ1) is 35.3. The number of fused-ring (bicyclic) bond motifs is 2. The molecule has 0 unspecified atom stereocenters. The molecule has 4 aromatic heterocycles. The molecular formula is C57H81N9O7S2. The molecule has 18 heteroatoms. The zero-order chi connectivity index (χ0) is 52.3. The van der Waals surface area contributed by atoms with Crippen LogP contribution in [0.4, 0.5) is 16.5 Å². The number of morpholine rings is 1. The second-order valence-electron chi connectivity index (χ2n) is 19.8. The van der Waals surface area contributed by atoms with Gasteiger partial charge in [0.1, 0.15) is 22.9 Å². The topological polar surface area (TPSA) is 164 Å². The van der Waals surface area contributed by atoms with Crippen molar-refractivity contribution in [1.82, 2.24) is 29.7 Å². The van der Waals surface area contributed by atoms with Crippen molar-refractivity contribution in [1.29, 1.82) is 0 Å². The number of pyridine rings is 2. The Balaban J connectivity index is 0.000000288. The highest BCUT2D eigenvalue weighted by molar-refractivity contribution is 7.13. The Bertz CT molecular complexity index is 2720. The first kappa shape index (κ1) is 61.7. The first-order valence-electron chi connectivity index (χ1n) is 25.5. The lowest BCUT2D eigenvalue weighted by Crippen LogP contribution is -2.36. The average molecular weight is 1070 g/mol. The lowest BCUT2D eigenvalue weighted by atomic mass is 10.1. The average Bonchev–Trinajstić information content (AvgIpc) is 3.91. The molecular weight excluding hydrogens is 987 g/mol. The maximum atomic E-state index is 8.12. The maximum Gasteiger partial charge on any atom is 0.373 e. The standard InChI is InChI=1S/C27H37N5O2S.C26H36N4OS.2CO2.2CH4/c1-20(2)18-34-26-21(3)16-22-6-4-7-28-24(22)25(26)31-9-5-8-30(10-11-31)17-23-19-35-27(29-23)32-12-14-33-15-13-32;1-18(2)16-31-25-20(5)14-21-8-6-9-27-23(21)24(25)30-11-7-10-29(12-13-30)15-22-17-32-26(28-22)19(3)4;2*2-1-3;;/h4,6-7,16,19-20H,5,8-15,17-18H2,1-3H3;6,8-9,14,17-19H,7,10-13,15-16H2,1-5H3;;;2*1H4. The van der Waals surface area contributed by atoms with E-state index in [0.717, 1.165) is 138 Å². The van der Waals surface area contributed by atoms with Crippen LogP contribution in [0.15, 0.2) is 59.6 Å². The fourth-order valence-electron chi connectivity index (χ4n) is 9.19. The molecule has 0 amide bonds. The number of aromatic nitrogens is 4. The number of anilines is 3. The van der Waals surface area contributed by atoms with Gasteiger partial charge in [-0.25, -0.2) is 9.97 Å². The van der Waals surface area contributed by atoms with Gasteiger partial charge in [0, 0.05) is 118 Å². The molecule has 16 nitrogen and oxygen atoms in total. The van der Waals surface area contributed by atoms with Crippen molar-refractivity contribution in [2.45, 2.75) is 102 Å². The molecule has 0 aliphatic carbocycles. The molecule has 3 aliphatic heterocycles. The molecule has 0 saturated carbocycles. The third kappa shape index (κ3) is 17.6. The van der Waals surface area contributed by atoms with E-state index >= 15 is 0 Å². The molecule has 3 saturated heterocycles. The number of rotatable bonds is 14. The summed E-state index contributed by atoms with van der Waals surface area (Å²) < 4.78 is 18.3. The van der Waals surface area contributed by atoms with Gasteiger partial charge in [0.2, 0.25) is 0 Å². The number of nitrogens with zero attached hydrogens (tertiary/aromatic N) is 9. The number of thiazole rings is 2. The van der Waals surface area contributed by atoms with E-state index in [1.165, 1.54) is 44.0 Å². The highest BCUT2D eigenvalue weighted by atomic mass is 32.1. The van der Waals surface area contributed by atoms with Gasteiger partial charge in [-0.15, -0.1) is 22.7 Å². The molecule has 75 heavy (non-hydrogen) atoms. The van der Waals surface area contributed by atoms with Crippen LogP contribution >= 0.6 is 22.7 Å². The van der Waals surface area contributed by atoms with Gasteiger partial charge in [-0.2, -0.15) is 19.2 Å². The maximum absolute atomic E-state index is 8.12. The smallest absolute Gasteiger partial charge is 0.373 e. The molecule has 0 radical (unpaired) electrons. The molecule has 408 valence electrons. The SMILES string of the molecule is C.C.Cc1cc2cccnc2c(N2CCCN(Cc3csc(C(C)C)n3)CC2)c1OCC(C)C.Cc1cc2cccnc2c(N2CCCN(Cc3csc(N4CCOCC4)n3)CC2)c1OCC(C)C.O=C=O.O=C=O. The van der Waals surface area contributed by atoms with Crippen LogP contribution in [0, 0.1) is 25.7 Å². The summed E-state index contributed by atoms with van der Waals surface area (Å²) in [5.41, 5.74) is 9.16. The van der Waals surface area contributed by atoms with Crippen molar-refractivity contribution in [3.8, 4) is 11.5 Å². The zero-order valence-electron chi connectivity index (χ0n) is 43.9. The number of ether oxygens (including phenoxy) is 3. The van der Waals surface area contributed by atoms with Crippen molar-refractivity contribution in [2.24, 2.45) is 11.8 Å². The number of carbonyl (C=O) groups excluding carboxylic acids is 4. The predicted octanol–water partition coefficient (Wildman–Crippen LogP) is 10.6. The van der Waals surface area contributed by atoms with Crippen molar-refractivity contribution in [3.63, 3.8) is 0 Å². The van der Waals surface area contributed by atoms with Crippen LogP contribution in [-0.4, -0.2) is 134 Å². The Hall–Kier alpha value is -5.84. The quantitative estimate of drug-likeness (QED) is 0.101. The summed E-state index contributed by atoms with van der Waals surface area (Å²) in [5.74, 6) is 3.45. The third-order valence-electron chi connectivity index (χ3n) is 12.6. The Morgan fingerprint density at radius 3 is 1.49 bits per heavy atom. The summed E-state index contributed by atoms with van der Waals surface area (Å²) in [6.07, 6.45) is 6.51. The Morgan fingerprint density at radius 1 is 0.600 bits per heavy atom. The highest BCUT2D eigenvalue weighted by Gasteiger charge is 2.26. The minimum atomic E-state index is 0. The fraction of sp³-hybridized carbons (Fsp3) is 0.544. The Kier molecular flexibility index (Phi) is 25.7. The molecule has 3 aliphatic rings. The van der Waals surface area contributed by atoms with Crippen LogP contribution in [-0.2, 0) is 37.0 Å². The van der Waals surface area contributed by atoms with Gasteiger partial charge >= 0.3 is 12.3 Å². The van der Waals surface area contributed by atoms with Gasteiger partial charge in [0.05, 0.1) is 53.9 Å². The lowest BCUT2D eigenvalue weighted by Gasteiger charge is -2.28. The summed E-state index contributed by atoms with van der Waals surface area (Å²) >= 11 is 3.55. The summed E-state index contributed by atoms with van der Waals surface area (Å²) in [5, 5.41) is 9.18. The van der Waals surface area contributed by atoms with Crippen LogP contribution in [0.5, 0.6) is 11.5 Å². The largest absolute Gasteiger partial charge is 0.491 e. The van der Waals surface area contributed by atoms with Gasteiger partial charge in [-0.1, -0.05) is 68.5 Å². The Labute approximate surface area is 453 Å². The number of aryl methyl sites for hydroxylation is 2. The fourth-order valence-corrected chi connectivity index (χ4v) is 10.9. The van der Waals surface area contributed by atoms with Gasteiger partial charge < -0.3 is 28.9 Å². The van der Waals surface area contributed by atoms with Crippen molar-refractivity contribution < 1.29 is 33.4 Å². The van der Waals surface area contributed by atoms with Crippen LogP contribution in [0.3, 0.4) is 0 Å². The van der Waals surface area contributed by atoms with Crippen molar-refractivity contribution >= 4 is 73.3 Å².